The lowest BCUT2D eigenvalue weighted by Crippen LogP contribution is -2.15. The molecule has 1 N–H and O–H groups in total. The van der Waals surface area contributed by atoms with E-state index in [1.807, 2.05) is 30.3 Å². The van der Waals surface area contributed by atoms with Crippen LogP contribution >= 0.6 is 15.9 Å². The SMILES string of the molecule is C[C@@H](O)C(=O)/C(Br)=C/c1ccccc1. The summed E-state index contributed by atoms with van der Waals surface area (Å²) in [6.45, 7) is 1.45. The van der Waals surface area contributed by atoms with Gasteiger partial charge in [0.2, 0.25) is 0 Å². The van der Waals surface area contributed by atoms with Gasteiger partial charge in [-0.15, -0.1) is 0 Å². The predicted molar refractivity (Wildman–Crippen MR) is 60.0 cm³/mol. The highest BCUT2D eigenvalue weighted by molar-refractivity contribution is 9.12. The number of Topliss-reactive ketones (excluding diaryl/α,β-unsaturated/α-hetero) is 1. The molecule has 0 saturated heterocycles. The van der Waals surface area contributed by atoms with E-state index in [0.29, 0.717) is 4.48 Å². The molecule has 3 heteroatoms. The van der Waals surface area contributed by atoms with Gasteiger partial charge in [0.15, 0.2) is 5.78 Å². The molecular formula is C11H11BrO2. The number of hydrogen-bond donors (Lipinski definition) is 1. The summed E-state index contributed by atoms with van der Waals surface area (Å²) in [6, 6.07) is 9.45. The number of aliphatic hydroxyl groups is 1. The van der Waals surface area contributed by atoms with Crippen LogP contribution in [0.15, 0.2) is 34.8 Å². The second kappa shape index (κ2) is 5.08. The van der Waals surface area contributed by atoms with Crippen molar-refractivity contribution in [2.45, 2.75) is 13.0 Å². The van der Waals surface area contributed by atoms with Crippen LogP contribution in [0.5, 0.6) is 0 Å². The topological polar surface area (TPSA) is 37.3 Å². The number of halogens is 1. The monoisotopic (exact) mass is 254 g/mol. The highest BCUT2D eigenvalue weighted by atomic mass is 79.9. The molecule has 0 aliphatic carbocycles. The molecule has 1 aromatic carbocycles. The molecule has 0 aromatic heterocycles. The summed E-state index contributed by atoms with van der Waals surface area (Å²) in [5, 5.41) is 9.05. The molecule has 2 nitrogen and oxygen atoms in total. The van der Waals surface area contributed by atoms with Crippen molar-refractivity contribution in [2.24, 2.45) is 0 Å². The maximum absolute atomic E-state index is 11.3. The minimum Gasteiger partial charge on any atom is -0.385 e. The van der Waals surface area contributed by atoms with Crippen LogP contribution in [0.4, 0.5) is 0 Å². The number of carbonyl (C=O) groups is 1. The molecule has 0 spiro atoms. The smallest absolute Gasteiger partial charge is 0.197 e. The van der Waals surface area contributed by atoms with Crippen molar-refractivity contribution in [2.75, 3.05) is 0 Å². The summed E-state index contributed by atoms with van der Waals surface area (Å²) in [5.41, 5.74) is 0.924. The molecule has 1 aromatic rings. The first-order valence-corrected chi connectivity index (χ1v) is 5.05. The molecule has 0 heterocycles. The number of hydrogen-bond acceptors (Lipinski definition) is 2. The minimum atomic E-state index is -0.968. The molecule has 0 radical (unpaired) electrons. The molecule has 0 bridgehead atoms. The highest BCUT2D eigenvalue weighted by Crippen LogP contribution is 2.14. The third kappa shape index (κ3) is 3.09. The minimum absolute atomic E-state index is 0.311. The largest absolute Gasteiger partial charge is 0.385 e. The van der Waals surface area contributed by atoms with Gasteiger partial charge < -0.3 is 5.11 Å². The molecule has 1 atom stereocenters. The predicted octanol–water partition coefficient (Wildman–Crippen LogP) is 2.37. The van der Waals surface area contributed by atoms with Crippen LogP contribution in [0.25, 0.3) is 6.08 Å². The standard InChI is InChI=1S/C11H11BrO2/c1-8(13)11(14)10(12)7-9-5-3-2-4-6-9/h2-8,13H,1H3/b10-7-/t8-/m1/s1. The lowest BCUT2D eigenvalue weighted by Gasteiger charge is -2.01. The molecule has 0 saturated carbocycles. The Morgan fingerprint density at radius 1 is 1.43 bits per heavy atom. The molecular weight excluding hydrogens is 244 g/mol. The van der Waals surface area contributed by atoms with Gasteiger partial charge in [0.05, 0.1) is 4.48 Å². The fourth-order valence-electron chi connectivity index (χ4n) is 0.966. The normalized spacial score (nSPS) is 13.8. The second-order valence-electron chi connectivity index (χ2n) is 2.94. The Hall–Kier alpha value is -0.930. The van der Waals surface area contributed by atoms with Crippen molar-refractivity contribution in [3.8, 4) is 0 Å². The number of carbonyl (C=O) groups excluding carboxylic acids is 1. The van der Waals surface area contributed by atoms with E-state index in [1.165, 1.54) is 6.92 Å². The maximum atomic E-state index is 11.3. The van der Waals surface area contributed by atoms with E-state index in [2.05, 4.69) is 15.9 Å². The van der Waals surface area contributed by atoms with Crippen molar-refractivity contribution >= 4 is 27.8 Å². The van der Waals surface area contributed by atoms with Crippen LogP contribution in [-0.2, 0) is 4.79 Å². The molecule has 74 valence electrons. The Labute approximate surface area is 91.4 Å². The molecule has 14 heavy (non-hydrogen) atoms. The molecule has 0 amide bonds. The molecule has 0 aliphatic heterocycles. The zero-order valence-electron chi connectivity index (χ0n) is 7.77. The van der Waals surface area contributed by atoms with Gasteiger partial charge in [-0.25, -0.2) is 0 Å². The molecule has 1 rings (SSSR count). The lowest BCUT2D eigenvalue weighted by atomic mass is 10.1. The van der Waals surface area contributed by atoms with Gasteiger partial charge in [-0.3, -0.25) is 4.79 Å². The first-order valence-electron chi connectivity index (χ1n) is 4.26. The highest BCUT2D eigenvalue weighted by Gasteiger charge is 2.11. The van der Waals surface area contributed by atoms with Gasteiger partial charge in [0.1, 0.15) is 6.10 Å². The Bertz CT molecular complexity index is 342. The van der Waals surface area contributed by atoms with Crippen molar-refractivity contribution in [1.29, 1.82) is 0 Å². The van der Waals surface area contributed by atoms with E-state index >= 15 is 0 Å². The van der Waals surface area contributed by atoms with Crippen LogP contribution in [0.3, 0.4) is 0 Å². The van der Waals surface area contributed by atoms with Crippen molar-refractivity contribution in [3.63, 3.8) is 0 Å². The summed E-state index contributed by atoms with van der Waals surface area (Å²) in [7, 11) is 0. The average Bonchev–Trinajstić information content (AvgIpc) is 2.18. The van der Waals surface area contributed by atoms with Gasteiger partial charge in [-0.2, -0.15) is 0 Å². The van der Waals surface area contributed by atoms with E-state index in [0.717, 1.165) is 5.56 Å². The Kier molecular flexibility index (Phi) is 4.04. The molecule has 0 fully saturated rings. The molecule has 0 unspecified atom stereocenters. The summed E-state index contributed by atoms with van der Waals surface area (Å²) in [4.78, 5) is 11.3. The van der Waals surface area contributed by atoms with Crippen molar-refractivity contribution in [1.82, 2.24) is 0 Å². The van der Waals surface area contributed by atoms with Crippen LogP contribution in [-0.4, -0.2) is 17.0 Å². The Morgan fingerprint density at radius 3 is 2.50 bits per heavy atom. The average molecular weight is 255 g/mol. The number of benzene rings is 1. The van der Waals surface area contributed by atoms with E-state index in [4.69, 9.17) is 5.11 Å². The number of rotatable bonds is 3. The third-order valence-corrected chi connectivity index (χ3v) is 2.33. The van der Waals surface area contributed by atoms with E-state index in [9.17, 15) is 4.79 Å². The van der Waals surface area contributed by atoms with Gasteiger partial charge >= 0.3 is 0 Å². The quantitative estimate of drug-likeness (QED) is 0.842. The maximum Gasteiger partial charge on any atom is 0.197 e. The summed E-state index contributed by atoms with van der Waals surface area (Å²) >= 11 is 3.13. The summed E-state index contributed by atoms with van der Waals surface area (Å²) < 4.78 is 0.388. The second-order valence-corrected chi connectivity index (χ2v) is 3.80. The van der Waals surface area contributed by atoms with E-state index in [1.54, 1.807) is 6.08 Å². The Balaban J connectivity index is 2.84. The first kappa shape index (κ1) is 11.1. The van der Waals surface area contributed by atoms with Crippen molar-refractivity contribution < 1.29 is 9.90 Å². The van der Waals surface area contributed by atoms with Crippen LogP contribution < -0.4 is 0 Å². The third-order valence-electron chi connectivity index (χ3n) is 1.71. The zero-order chi connectivity index (χ0) is 10.6. The molecule has 0 aliphatic rings. The van der Waals surface area contributed by atoms with Gasteiger partial charge in [0, 0.05) is 0 Å². The van der Waals surface area contributed by atoms with Crippen LogP contribution in [0.2, 0.25) is 0 Å². The van der Waals surface area contributed by atoms with Gasteiger partial charge in [-0.1, -0.05) is 30.3 Å². The fraction of sp³-hybridized carbons (Fsp3) is 0.182. The van der Waals surface area contributed by atoms with Gasteiger partial charge in [0.25, 0.3) is 0 Å². The summed E-state index contributed by atoms with van der Waals surface area (Å²) in [6.07, 6.45) is 0.721. The summed E-state index contributed by atoms with van der Waals surface area (Å²) in [5.74, 6) is -0.311. The first-order chi connectivity index (χ1) is 6.61. The van der Waals surface area contributed by atoms with Crippen LogP contribution in [0.1, 0.15) is 12.5 Å². The van der Waals surface area contributed by atoms with Crippen molar-refractivity contribution in [3.05, 3.63) is 40.4 Å². The van der Waals surface area contributed by atoms with E-state index in [-0.39, 0.29) is 5.78 Å². The van der Waals surface area contributed by atoms with E-state index < -0.39 is 6.10 Å². The zero-order valence-corrected chi connectivity index (χ0v) is 9.36. The number of aliphatic hydroxyl groups excluding tert-OH is 1. The number of ketones is 1. The van der Waals surface area contributed by atoms with Gasteiger partial charge in [-0.05, 0) is 34.5 Å². The van der Waals surface area contributed by atoms with Crippen LogP contribution in [0, 0.1) is 0 Å². The fourth-order valence-corrected chi connectivity index (χ4v) is 1.56. The lowest BCUT2D eigenvalue weighted by molar-refractivity contribution is -0.121. The Morgan fingerprint density at radius 2 is 2.00 bits per heavy atom.